The van der Waals surface area contributed by atoms with Crippen molar-refractivity contribution in [3.05, 3.63) is 22.7 Å². The van der Waals surface area contributed by atoms with E-state index in [9.17, 15) is 0 Å². The lowest BCUT2D eigenvalue weighted by Crippen LogP contribution is -2.35. The average molecular weight is 326 g/mol. The monoisotopic (exact) mass is 325 g/mol. The van der Waals surface area contributed by atoms with Gasteiger partial charge >= 0.3 is 0 Å². The number of nitrogens with zero attached hydrogens (tertiary/aromatic N) is 1. The van der Waals surface area contributed by atoms with Crippen LogP contribution in [0.2, 0.25) is 5.02 Å². The lowest BCUT2D eigenvalue weighted by molar-refractivity contribution is 0.0533. The van der Waals surface area contributed by atoms with Gasteiger partial charge in [0.05, 0.1) is 19.8 Å². The minimum atomic E-state index is 0.136. The highest BCUT2D eigenvalue weighted by Crippen LogP contribution is 2.43. The molecule has 2 saturated heterocycles. The molecule has 0 unspecified atom stereocenters. The largest absolute Gasteiger partial charge is 0.454 e. The molecule has 3 aliphatic heterocycles. The molecule has 0 bridgehead atoms. The van der Waals surface area contributed by atoms with Gasteiger partial charge in [0.25, 0.3) is 0 Å². The lowest BCUT2D eigenvalue weighted by atomic mass is 9.82. The van der Waals surface area contributed by atoms with Crippen LogP contribution in [0.1, 0.15) is 5.56 Å². The standard InChI is InChI=1S/C16H20ClNO4/c1-19-8-16-7-18(5-12(16)6-20-9-16)4-11-2-14-15(3-13(11)17)22-10-21-14/h2-3,12H,4-10H2,1H3/t12-,16-/m0/s1. The van der Waals surface area contributed by atoms with Crippen LogP contribution < -0.4 is 9.47 Å². The molecule has 3 aliphatic rings. The number of halogens is 1. The molecule has 0 spiro atoms. The highest BCUT2D eigenvalue weighted by molar-refractivity contribution is 6.31. The highest BCUT2D eigenvalue weighted by atomic mass is 35.5. The number of rotatable bonds is 4. The Morgan fingerprint density at radius 3 is 3.00 bits per heavy atom. The molecular weight excluding hydrogens is 306 g/mol. The molecule has 0 radical (unpaired) electrons. The Balaban J connectivity index is 1.51. The summed E-state index contributed by atoms with van der Waals surface area (Å²) in [5.41, 5.74) is 1.22. The topological polar surface area (TPSA) is 40.2 Å². The Kier molecular flexibility index (Phi) is 3.69. The van der Waals surface area contributed by atoms with Crippen molar-refractivity contribution in [1.29, 1.82) is 0 Å². The third-order valence-corrected chi connectivity index (χ3v) is 5.31. The SMILES string of the molecule is COC[C@@]12COC[C@@H]1CN(Cc1cc3c(cc1Cl)OCO3)C2. The fraction of sp³-hybridized carbons (Fsp3) is 0.625. The molecule has 5 nitrogen and oxygen atoms in total. The second-order valence-electron chi connectivity index (χ2n) is 6.47. The zero-order valence-electron chi connectivity index (χ0n) is 12.6. The average Bonchev–Trinajstić information content (AvgIpc) is 3.13. The normalized spacial score (nSPS) is 30.0. The maximum atomic E-state index is 6.39. The van der Waals surface area contributed by atoms with Crippen LogP contribution in [-0.2, 0) is 16.0 Å². The van der Waals surface area contributed by atoms with Crippen LogP contribution >= 0.6 is 11.6 Å². The van der Waals surface area contributed by atoms with Crippen LogP contribution in [0.5, 0.6) is 11.5 Å². The molecule has 2 fully saturated rings. The van der Waals surface area contributed by atoms with Gasteiger partial charge in [0.15, 0.2) is 11.5 Å². The zero-order valence-corrected chi connectivity index (χ0v) is 13.4. The van der Waals surface area contributed by atoms with Crippen LogP contribution in [0.25, 0.3) is 0 Å². The molecule has 1 aromatic carbocycles. The molecule has 0 saturated carbocycles. The number of fused-ring (bicyclic) bond motifs is 2. The second kappa shape index (κ2) is 5.57. The summed E-state index contributed by atoms with van der Waals surface area (Å²) in [5.74, 6) is 2.06. The Labute approximate surface area is 135 Å². The fourth-order valence-electron chi connectivity index (χ4n) is 3.88. The van der Waals surface area contributed by atoms with Crippen molar-refractivity contribution >= 4 is 11.6 Å². The first-order chi connectivity index (χ1) is 10.7. The van der Waals surface area contributed by atoms with Crippen LogP contribution in [0.15, 0.2) is 12.1 Å². The van der Waals surface area contributed by atoms with Gasteiger partial charge in [0, 0.05) is 49.2 Å². The van der Waals surface area contributed by atoms with Crippen molar-refractivity contribution in [2.24, 2.45) is 11.3 Å². The van der Waals surface area contributed by atoms with Gasteiger partial charge in [-0.3, -0.25) is 4.90 Å². The number of hydrogen-bond donors (Lipinski definition) is 0. The van der Waals surface area contributed by atoms with E-state index in [1.54, 1.807) is 7.11 Å². The summed E-state index contributed by atoms with van der Waals surface area (Å²) in [6.07, 6.45) is 0. The van der Waals surface area contributed by atoms with Gasteiger partial charge < -0.3 is 18.9 Å². The smallest absolute Gasteiger partial charge is 0.231 e. The molecule has 3 heterocycles. The summed E-state index contributed by atoms with van der Waals surface area (Å²) in [4.78, 5) is 2.44. The Morgan fingerprint density at radius 2 is 2.18 bits per heavy atom. The van der Waals surface area contributed by atoms with Gasteiger partial charge in [0.2, 0.25) is 6.79 Å². The Morgan fingerprint density at radius 1 is 1.36 bits per heavy atom. The number of likely N-dealkylation sites (tertiary alicyclic amines) is 1. The Hall–Kier alpha value is -1.01. The van der Waals surface area contributed by atoms with Gasteiger partial charge in [-0.15, -0.1) is 0 Å². The van der Waals surface area contributed by atoms with E-state index in [2.05, 4.69) is 4.90 Å². The van der Waals surface area contributed by atoms with Crippen molar-refractivity contribution in [2.75, 3.05) is 46.8 Å². The van der Waals surface area contributed by atoms with Gasteiger partial charge in [0.1, 0.15) is 0 Å². The summed E-state index contributed by atoms with van der Waals surface area (Å²) in [6, 6.07) is 3.85. The number of benzene rings is 1. The van der Waals surface area contributed by atoms with Gasteiger partial charge in [-0.2, -0.15) is 0 Å². The van der Waals surface area contributed by atoms with Gasteiger partial charge in [-0.1, -0.05) is 11.6 Å². The van der Waals surface area contributed by atoms with E-state index in [0.29, 0.717) is 5.92 Å². The van der Waals surface area contributed by atoms with Crippen LogP contribution in [-0.4, -0.2) is 51.7 Å². The molecule has 0 N–H and O–H groups in total. The molecule has 2 atom stereocenters. The zero-order chi connectivity index (χ0) is 15.2. The van der Waals surface area contributed by atoms with Gasteiger partial charge in [-0.05, 0) is 11.6 Å². The summed E-state index contributed by atoms with van der Waals surface area (Å²) in [5, 5.41) is 0.735. The maximum absolute atomic E-state index is 6.39. The summed E-state index contributed by atoms with van der Waals surface area (Å²) < 4.78 is 21.9. The number of ether oxygens (including phenoxy) is 4. The summed E-state index contributed by atoms with van der Waals surface area (Å²) in [7, 11) is 1.77. The lowest BCUT2D eigenvalue weighted by Gasteiger charge is -2.26. The predicted molar refractivity (Wildman–Crippen MR) is 81.5 cm³/mol. The molecule has 22 heavy (non-hydrogen) atoms. The van der Waals surface area contributed by atoms with Crippen LogP contribution in [0, 0.1) is 11.3 Å². The van der Waals surface area contributed by atoms with Crippen molar-refractivity contribution in [1.82, 2.24) is 4.90 Å². The molecule has 6 heteroatoms. The van der Waals surface area contributed by atoms with Crippen molar-refractivity contribution in [3.63, 3.8) is 0 Å². The number of methoxy groups -OCH3 is 1. The number of hydrogen-bond acceptors (Lipinski definition) is 5. The van der Waals surface area contributed by atoms with E-state index in [-0.39, 0.29) is 12.2 Å². The fourth-order valence-corrected chi connectivity index (χ4v) is 4.09. The highest BCUT2D eigenvalue weighted by Gasteiger charge is 2.50. The van der Waals surface area contributed by atoms with E-state index in [4.69, 9.17) is 30.5 Å². The first kappa shape index (κ1) is 14.6. The minimum Gasteiger partial charge on any atom is -0.454 e. The quantitative estimate of drug-likeness (QED) is 0.848. The maximum Gasteiger partial charge on any atom is 0.231 e. The van der Waals surface area contributed by atoms with E-state index in [1.807, 2.05) is 12.1 Å². The molecular formula is C16H20ClNO4. The summed E-state index contributed by atoms with van der Waals surface area (Å²) >= 11 is 6.39. The van der Waals surface area contributed by atoms with E-state index in [0.717, 1.165) is 61.5 Å². The predicted octanol–water partition coefficient (Wildman–Crippen LogP) is 2.16. The summed E-state index contributed by atoms with van der Waals surface area (Å²) in [6.45, 7) is 5.46. The van der Waals surface area contributed by atoms with E-state index in [1.165, 1.54) is 0 Å². The molecule has 120 valence electrons. The molecule has 0 aromatic heterocycles. The van der Waals surface area contributed by atoms with Crippen LogP contribution in [0.3, 0.4) is 0 Å². The third-order valence-electron chi connectivity index (χ3n) is 4.96. The van der Waals surface area contributed by atoms with Gasteiger partial charge in [-0.25, -0.2) is 0 Å². The first-order valence-electron chi connectivity index (χ1n) is 7.57. The van der Waals surface area contributed by atoms with E-state index < -0.39 is 0 Å². The third kappa shape index (κ3) is 2.36. The first-order valence-corrected chi connectivity index (χ1v) is 7.95. The van der Waals surface area contributed by atoms with Crippen molar-refractivity contribution < 1.29 is 18.9 Å². The van der Waals surface area contributed by atoms with Crippen molar-refractivity contribution in [2.45, 2.75) is 6.54 Å². The molecule has 4 rings (SSSR count). The second-order valence-corrected chi connectivity index (χ2v) is 6.88. The molecule has 0 amide bonds. The molecule has 1 aromatic rings. The minimum absolute atomic E-state index is 0.136. The Bertz CT molecular complexity index is 582. The van der Waals surface area contributed by atoms with E-state index >= 15 is 0 Å². The molecule has 0 aliphatic carbocycles. The van der Waals surface area contributed by atoms with Crippen molar-refractivity contribution in [3.8, 4) is 11.5 Å². The van der Waals surface area contributed by atoms with Crippen LogP contribution in [0.4, 0.5) is 0 Å².